The van der Waals surface area contributed by atoms with Crippen molar-refractivity contribution in [3.63, 3.8) is 0 Å². The Labute approximate surface area is 146 Å². The molecule has 2 rings (SSSR count). The van der Waals surface area contributed by atoms with E-state index in [1.807, 2.05) is 7.05 Å². The van der Waals surface area contributed by atoms with Gasteiger partial charge in [-0.25, -0.2) is 12.8 Å². The largest absolute Gasteiger partial charge is 0.320 e. The molecule has 0 radical (unpaired) electrons. The van der Waals surface area contributed by atoms with Gasteiger partial charge in [0.1, 0.15) is 10.7 Å². The molecule has 1 N–H and O–H groups in total. The Morgan fingerprint density at radius 3 is 2.55 bits per heavy atom. The lowest BCUT2D eigenvalue weighted by Crippen LogP contribution is -2.39. The maximum absolute atomic E-state index is 13.9. The lowest BCUT2D eigenvalue weighted by Gasteiger charge is -2.31. The molecule has 0 atom stereocenters. The smallest absolute Gasteiger partial charge is 0.245 e. The molecule has 1 aromatic rings. The monoisotopic (exact) mass is 414 g/mol. The van der Waals surface area contributed by atoms with Crippen molar-refractivity contribution in [3.05, 3.63) is 28.5 Å². The summed E-state index contributed by atoms with van der Waals surface area (Å²) < 4.78 is 40.8. The first kappa shape index (κ1) is 19.8. The van der Waals surface area contributed by atoms with Gasteiger partial charge in [0.2, 0.25) is 10.0 Å². The fraction of sp³-hybridized carbons (Fsp3) is 0.571. The van der Waals surface area contributed by atoms with E-state index in [0.29, 0.717) is 23.5 Å². The van der Waals surface area contributed by atoms with Gasteiger partial charge in [0, 0.05) is 17.6 Å². The van der Waals surface area contributed by atoms with E-state index in [1.54, 1.807) is 6.07 Å². The normalized spacial score (nSPS) is 17.2. The van der Waals surface area contributed by atoms with Gasteiger partial charge in [0.25, 0.3) is 0 Å². The third kappa shape index (κ3) is 4.64. The molecule has 0 saturated carbocycles. The maximum Gasteiger partial charge on any atom is 0.245 e. The SMILES string of the molecule is CNCCC1CCN(S(=O)(=O)c2ccc(Br)cc2F)CC1.Cl. The molecule has 0 spiro atoms. The number of hydrogen-bond acceptors (Lipinski definition) is 3. The van der Waals surface area contributed by atoms with Gasteiger partial charge in [0.15, 0.2) is 0 Å². The summed E-state index contributed by atoms with van der Waals surface area (Å²) in [7, 11) is -1.82. The Balaban J connectivity index is 0.00000242. The van der Waals surface area contributed by atoms with E-state index in [1.165, 1.54) is 16.4 Å². The summed E-state index contributed by atoms with van der Waals surface area (Å²) in [5, 5.41) is 3.11. The Morgan fingerprint density at radius 1 is 1.36 bits per heavy atom. The molecule has 8 heteroatoms. The molecular formula is C14H21BrClFN2O2S. The minimum atomic E-state index is -3.73. The molecular weight excluding hydrogens is 395 g/mol. The predicted octanol–water partition coefficient (Wildman–Crippen LogP) is 3.02. The second-order valence-corrected chi connectivity index (χ2v) is 8.14. The summed E-state index contributed by atoms with van der Waals surface area (Å²) in [6.45, 7) is 1.87. The van der Waals surface area contributed by atoms with Crippen molar-refractivity contribution in [2.75, 3.05) is 26.7 Å². The van der Waals surface area contributed by atoms with Crippen LogP contribution in [0.1, 0.15) is 19.3 Å². The predicted molar refractivity (Wildman–Crippen MR) is 91.4 cm³/mol. The van der Waals surface area contributed by atoms with Crippen molar-refractivity contribution < 1.29 is 12.8 Å². The van der Waals surface area contributed by atoms with Crippen molar-refractivity contribution in [1.29, 1.82) is 0 Å². The quantitative estimate of drug-likeness (QED) is 0.804. The summed E-state index contributed by atoms with van der Waals surface area (Å²) in [6, 6.07) is 4.06. The number of rotatable bonds is 5. The van der Waals surface area contributed by atoms with E-state index < -0.39 is 15.8 Å². The second kappa shape index (κ2) is 8.59. The molecule has 1 heterocycles. The highest BCUT2D eigenvalue weighted by Gasteiger charge is 2.31. The summed E-state index contributed by atoms with van der Waals surface area (Å²) in [5.41, 5.74) is 0. The van der Waals surface area contributed by atoms with Gasteiger partial charge in [-0.2, -0.15) is 4.31 Å². The number of nitrogens with zero attached hydrogens (tertiary/aromatic N) is 1. The van der Waals surface area contributed by atoms with Crippen molar-refractivity contribution in [3.8, 4) is 0 Å². The third-order valence-corrected chi connectivity index (χ3v) is 6.31. The lowest BCUT2D eigenvalue weighted by molar-refractivity contribution is 0.262. The molecule has 0 aromatic heterocycles. The number of benzene rings is 1. The molecule has 1 aliphatic heterocycles. The highest BCUT2D eigenvalue weighted by Crippen LogP contribution is 2.27. The van der Waals surface area contributed by atoms with E-state index in [4.69, 9.17) is 0 Å². The molecule has 22 heavy (non-hydrogen) atoms. The summed E-state index contributed by atoms with van der Waals surface area (Å²) in [4.78, 5) is -0.237. The molecule has 0 unspecified atom stereocenters. The van der Waals surface area contributed by atoms with E-state index in [2.05, 4.69) is 21.2 Å². The summed E-state index contributed by atoms with van der Waals surface area (Å²) >= 11 is 3.14. The van der Waals surface area contributed by atoms with E-state index >= 15 is 0 Å². The van der Waals surface area contributed by atoms with Crippen molar-refractivity contribution >= 4 is 38.4 Å². The topological polar surface area (TPSA) is 49.4 Å². The van der Waals surface area contributed by atoms with Crippen LogP contribution in [0.3, 0.4) is 0 Å². The van der Waals surface area contributed by atoms with Crippen LogP contribution in [-0.2, 0) is 10.0 Å². The average molecular weight is 416 g/mol. The van der Waals surface area contributed by atoms with Crippen LogP contribution in [0.25, 0.3) is 0 Å². The number of piperidine rings is 1. The van der Waals surface area contributed by atoms with Gasteiger partial charge >= 0.3 is 0 Å². The Bertz CT molecular complexity index is 593. The van der Waals surface area contributed by atoms with Gasteiger partial charge in [-0.3, -0.25) is 0 Å². The minimum Gasteiger partial charge on any atom is -0.320 e. The Hall–Kier alpha value is -0.210. The average Bonchev–Trinajstić information content (AvgIpc) is 2.45. The van der Waals surface area contributed by atoms with Crippen molar-refractivity contribution in [2.24, 2.45) is 5.92 Å². The maximum atomic E-state index is 13.9. The van der Waals surface area contributed by atoms with Gasteiger partial charge in [0.05, 0.1) is 0 Å². The second-order valence-electron chi connectivity index (χ2n) is 5.31. The molecule has 0 amide bonds. The Morgan fingerprint density at radius 2 is 2.00 bits per heavy atom. The van der Waals surface area contributed by atoms with Gasteiger partial charge in [-0.1, -0.05) is 15.9 Å². The summed E-state index contributed by atoms with van der Waals surface area (Å²) in [5.74, 6) is -0.166. The van der Waals surface area contributed by atoms with Gasteiger partial charge < -0.3 is 5.32 Å². The molecule has 1 fully saturated rings. The first-order chi connectivity index (χ1) is 9.95. The zero-order chi connectivity index (χ0) is 15.5. The minimum absolute atomic E-state index is 0. The number of sulfonamides is 1. The number of hydrogen-bond donors (Lipinski definition) is 1. The zero-order valence-electron chi connectivity index (χ0n) is 12.4. The van der Waals surface area contributed by atoms with Gasteiger partial charge in [-0.15, -0.1) is 12.4 Å². The first-order valence-corrected chi connectivity index (χ1v) is 9.28. The number of halogens is 3. The number of nitrogens with one attached hydrogen (secondary N) is 1. The van der Waals surface area contributed by atoms with Crippen LogP contribution in [0.5, 0.6) is 0 Å². The Kier molecular flexibility index (Phi) is 7.74. The first-order valence-electron chi connectivity index (χ1n) is 7.05. The standard InChI is InChI=1S/C14H20BrFN2O2S.ClH/c1-17-7-4-11-5-8-18(9-6-11)21(19,20)14-3-2-12(15)10-13(14)16;/h2-3,10-11,17H,4-9H2,1H3;1H. The van der Waals surface area contributed by atoms with Crippen LogP contribution in [-0.4, -0.2) is 39.4 Å². The molecule has 1 aliphatic rings. The van der Waals surface area contributed by atoms with Crippen molar-refractivity contribution in [2.45, 2.75) is 24.2 Å². The lowest BCUT2D eigenvalue weighted by atomic mass is 9.95. The fourth-order valence-electron chi connectivity index (χ4n) is 2.61. The molecule has 0 aliphatic carbocycles. The van der Waals surface area contributed by atoms with E-state index in [9.17, 15) is 12.8 Å². The van der Waals surface area contributed by atoms with E-state index in [-0.39, 0.29) is 17.3 Å². The van der Waals surface area contributed by atoms with Crippen LogP contribution >= 0.6 is 28.3 Å². The molecule has 126 valence electrons. The third-order valence-electron chi connectivity index (χ3n) is 3.89. The van der Waals surface area contributed by atoms with Crippen LogP contribution in [0.15, 0.2) is 27.6 Å². The highest BCUT2D eigenvalue weighted by atomic mass is 79.9. The van der Waals surface area contributed by atoms with Crippen LogP contribution in [0.2, 0.25) is 0 Å². The summed E-state index contributed by atoms with van der Waals surface area (Å²) in [6.07, 6.45) is 2.72. The molecule has 4 nitrogen and oxygen atoms in total. The van der Waals surface area contributed by atoms with Crippen molar-refractivity contribution in [1.82, 2.24) is 9.62 Å². The zero-order valence-corrected chi connectivity index (χ0v) is 15.6. The van der Waals surface area contributed by atoms with Crippen LogP contribution < -0.4 is 5.32 Å². The van der Waals surface area contributed by atoms with Gasteiger partial charge in [-0.05, 0) is 57.0 Å². The fourth-order valence-corrected chi connectivity index (χ4v) is 4.46. The molecule has 1 aromatic carbocycles. The molecule has 1 saturated heterocycles. The van der Waals surface area contributed by atoms with Crippen LogP contribution in [0, 0.1) is 11.7 Å². The molecule has 0 bridgehead atoms. The van der Waals surface area contributed by atoms with E-state index in [0.717, 1.165) is 25.8 Å². The van der Waals surface area contributed by atoms with Crippen LogP contribution in [0.4, 0.5) is 4.39 Å². The highest BCUT2D eigenvalue weighted by molar-refractivity contribution is 9.10.